The molecule has 5 N–H and O–H groups in total. The summed E-state index contributed by atoms with van der Waals surface area (Å²) in [7, 11) is 3.02. The Labute approximate surface area is 295 Å². The monoisotopic (exact) mass is 712 g/mol. The third-order valence-corrected chi connectivity index (χ3v) is 8.90. The number of carbonyl (C=O) groups is 7. The van der Waals surface area contributed by atoms with E-state index in [1.807, 2.05) is 0 Å². The average Bonchev–Trinajstić information content (AvgIpc) is 3.93. The Morgan fingerprint density at radius 2 is 1.38 bits per heavy atom. The predicted molar refractivity (Wildman–Crippen MR) is 177 cm³/mol. The van der Waals surface area contributed by atoms with Crippen molar-refractivity contribution >= 4 is 41.7 Å². The third-order valence-electron chi connectivity index (χ3n) is 8.90. The molecule has 8 amide bonds. The van der Waals surface area contributed by atoms with E-state index in [1.54, 1.807) is 43.3 Å². The molecule has 52 heavy (non-hydrogen) atoms. The summed E-state index contributed by atoms with van der Waals surface area (Å²) >= 11 is 0. The molecular weight excluding hydrogens is 680 g/mol. The number of hydrogen-bond donors (Lipinski definition) is 5. The second-order valence-corrected chi connectivity index (χ2v) is 12.0. The fraction of sp³-hybridized carbons (Fsp3) is 0.294. The van der Waals surface area contributed by atoms with Gasteiger partial charge in [-0.1, -0.05) is 18.1 Å². The van der Waals surface area contributed by atoms with Crippen molar-refractivity contribution < 1.29 is 47.8 Å². The Kier molecular flexibility index (Phi) is 9.03. The van der Waals surface area contributed by atoms with E-state index in [9.17, 15) is 33.6 Å². The molecule has 5 heterocycles. The summed E-state index contributed by atoms with van der Waals surface area (Å²) in [5.74, 6) is 0.900. The lowest BCUT2D eigenvalue weighted by molar-refractivity contribution is -0.125. The number of aromatic nitrogens is 2. The molecule has 0 radical (unpaired) electrons. The zero-order valence-corrected chi connectivity index (χ0v) is 28.1. The Morgan fingerprint density at radius 3 is 1.87 bits per heavy atom. The van der Waals surface area contributed by atoms with E-state index >= 15 is 0 Å². The molecule has 0 spiro atoms. The van der Waals surface area contributed by atoms with Gasteiger partial charge in [0.1, 0.15) is 11.5 Å². The van der Waals surface area contributed by atoms with E-state index in [1.165, 1.54) is 30.1 Å². The second kappa shape index (κ2) is 13.4. The standard InChI is InChI=1S/C19H19N5O6.C15H13N3O4/c1-3-30-16(26)13-7-14(23-22-13)19(17(27)20-18(28)21-19)9-24-8-10-4-5-11(29-2)6-12(10)15(24)25;1-3-15(13(20)16-14(21)17-15)8-18-7-9-4-5-10(22-2)6-11(9)12(18)19/h4-7H,3,8-9H2,1-2H3,(H,22,23)(H2,20,21,27,28);1,4-6H,7-8H2,2H3,(H2,16,17,20,21)/t19-;15-/m01/s1. The number of benzene rings is 2. The molecule has 0 saturated carbocycles. The number of amides is 8. The molecule has 1 aromatic heterocycles. The number of ether oxygens (including phenoxy) is 3. The van der Waals surface area contributed by atoms with E-state index in [0.29, 0.717) is 29.2 Å². The minimum atomic E-state index is -1.63. The van der Waals surface area contributed by atoms with Gasteiger partial charge in [-0.2, -0.15) is 5.10 Å². The van der Waals surface area contributed by atoms with Crippen LogP contribution in [0.5, 0.6) is 11.5 Å². The number of fused-ring (bicyclic) bond motifs is 2. The van der Waals surface area contributed by atoms with Crippen molar-refractivity contribution in [3.63, 3.8) is 0 Å². The van der Waals surface area contributed by atoms with Crippen molar-refractivity contribution in [2.24, 2.45) is 0 Å². The van der Waals surface area contributed by atoms with Crippen LogP contribution < -0.4 is 30.7 Å². The van der Waals surface area contributed by atoms with Gasteiger partial charge >= 0.3 is 18.0 Å². The first-order valence-corrected chi connectivity index (χ1v) is 15.8. The molecule has 4 aliphatic heterocycles. The normalized spacial score (nSPS) is 21.3. The van der Waals surface area contributed by atoms with Crippen molar-refractivity contribution in [1.29, 1.82) is 0 Å². The molecule has 0 bridgehead atoms. The fourth-order valence-electron chi connectivity index (χ4n) is 6.24. The van der Waals surface area contributed by atoms with E-state index in [-0.39, 0.29) is 49.4 Å². The number of urea groups is 2. The van der Waals surface area contributed by atoms with Gasteiger partial charge in [0.05, 0.1) is 39.6 Å². The molecule has 7 rings (SSSR count). The molecular formula is C34H32N8O10. The van der Waals surface area contributed by atoms with E-state index in [4.69, 9.17) is 20.6 Å². The Bertz CT molecular complexity index is 2090. The highest BCUT2D eigenvalue weighted by molar-refractivity contribution is 6.10. The van der Waals surface area contributed by atoms with E-state index < -0.39 is 40.9 Å². The lowest BCUT2D eigenvalue weighted by Crippen LogP contribution is -2.54. The second-order valence-electron chi connectivity index (χ2n) is 12.0. The van der Waals surface area contributed by atoms with Crippen LogP contribution in [0.15, 0.2) is 42.5 Å². The van der Waals surface area contributed by atoms with Crippen LogP contribution in [0, 0.1) is 12.3 Å². The van der Waals surface area contributed by atoms with Gasteiger partial charge in [0.2, 0.25) is 0 Å². The summed E-state index contributed by atoms with van der Waals surface area (Å²) in [6.45, 7) is 2.14. The summed E-state index contributed by atoms with van der Waals surface area (Å²) < 4.78 is 15.2. The number of esters is 1. The van der Waals surface area contributed by atoms with Crippen LogP contribution in [-0.2, 0) is 33.0 Å². The summed E-state index contributed by atoms with van der Waals surface area (Å²) in [6.07, 6.45) is 5.41. The maximum Gasteiger partial charge on any atom is 0.358 e. The maximum absolute atomic E-state index is 12.9. The molecule has 18 nitrogen and oxygen atoms in total. The molecule has 2 aromatic carbocycles. The van der Waals surface area contributed by atoms with Gasteiger partial charge in [0.25, 0.3) is 23.6 Å². The summed E-state index contributed by atoms with van der Waals surface area (Å²) in [6, 6.07) is 10.3. The van der Waals surface area contributed by atoms with Crippen molar-refractivity contribution in [1.82, 2.24) is 41.3 Å². The number of rotatable bonds is 9. The molecule has 0 aliphatic carbocycles. The van der Waals surface area contributed by atoms with Gasteiger partial charge in [-0.15, -0.1) is 6.42 Å². The quantitative estimate of drug-likeness (QED) is 0.114. The van der Waals surface area contributed by atoms with Crippen LogP contribution >= 0.6 is 0 Å². The van der Waals surface area contributed by atoms with Crippen LogP contribution in [0.1, 0.15) is 54.9 Å². The smallest absolute Gasteiger partial charge is 0.358 e. The molecule has 2 saturated heterocycles. The van der Waals surface area contributed by atoms with Crippen LogP contribution in [0.4, 0.5) is 9.59 Å². The minimum absolute atomic E-state index is 0.0408. The summed E-state index contributed by atoms with van der Waals surface area (Å²) in [5, 5.41) is 15.8. The molecule has 2 atom stereocenters. The number of nitrogens with one attached hydrogen (secondary N) is 5. The molecule has 2 fully saturated rings. The molecule has 4 aliphatic rings. The number of imide groups is 2. The number of H-pyrrole nitrogens is 1. The zero-order chi connectivity index (χ0) is 37.4. The van der Waals surface area contributed by atoms with Gasteiger partial charge in [-0.05, 0) is 48.4 Å². The number of methoxy groups -OCH3 is 2. The number of aromatic amines is 1. The Hall–Kier alpha value is -6.90. The fourth-order valence-corrected chi connectivity index (χ4v) is 6.24. The van der Waals surface area contributed by atoms with Crippen LogP contribution in [-0.4, -0.2) is 101 Å². The molecule has 3 aromatic rings. The largest absolute Gasteiger partial charge is 0.497 e. The lowest BCUT2D eigenvalue weighted by atomic mass is 9.94. The minimum Gasteiger partial charge on any atom is -0.497 e. The van der Waals surface area contributed by atoms with Crippen LogP contribution in [0.2, 0.25) is 0 Å². The first-order chi connectivity index (χ1) is 24.9. The van der Waals surface area contributed by atoms with Gasteiger partial charge in [-0.25, -0.2) is 14.4 Å². The predicted octanol–water partition coefficient (Wildman–Crippen LogP) is 0.148. The Morgan fingerprint density at radius 1 is 0.827 bits per heavy atom. The average molecular weight is 713 g/mol. The van der Waals surface area contributed by atoms with Crippen molar-refractivity contribution in [3.8, 4) is 23.8 Å². The van der Waals surface area contributed by atoms with Crippen molar-refractivity contribution in [2.75, 3.05) is 33.9 Å². The Balaban J connectivity index is 0.000000187. The number of carbonyl (C=O) groups excluding carboxylic acids is 7. The number of terminal acetylenes is 1. The first kappa shape index (κ1) is 34.9. The first-order valence-electron chi connectivity index (χ1n) is 15.8. The van der Waals surface area contributed by atoms with Crippen LogP contribution in [0.3, 0.4) is 0 Å². The summed E-state index contributed by atoms with van der Waals surface area (Å²) in [4.78, 5) is 88.2. The van der Waals surface area contributed by atoms with Crippen molar-refractivity contribution in [2.45, 2.75) is 31.1 Å². The molecule has 18 heteroatoms. The van der Waals surface area contributed by atoms with E-state index in [0.717, 1.165) is 11.1 Å². The summed E-state index contributed by atoms with van der Waals surface area (Å²) in [5.41, 5.74) is -0.464. The SMILES string of the molecule is C#C[C@]1(CN2Cc3ccc(OC)cc3C2=O)NC(=O)NC1=O.CCOC(=O)c1cc([C@]2(CN3Cc4ccc(OC)cc4C3=O)NC(=O)NC2=O)[nH]n1. The topological polar surface area (TPSA) is 230 Å². The van der Waals surface area contributed by atoms with E-state index in [2.05, 4.69) is 37.4 Å². The van der Waals surface area contributed by atoms with Gasteiger partial charge in [0, 0.05) is 24.2 Å². The number of nitrogens with zero attached hydrogens (tertiary/aromatic N) is 3. The van der Waals surface area contributed by atoms with Crippen LogP contribution in [0.25, 0.3) is 0 Å². The van der Waals surface area contributed by atoms with Gasteiger partial charge in [-0.3, -0.25) is 34.9 Å². The lowest BCUT2D eigenvalue weighted by Gasteiger charge is -2.29. The maximum atomic E-state index is 12.9. The third kappa shape index (κ3) is 6.08. The van der Waals surface area contributed by atoms with Gasteiger partial charge < -0.3 is 34.6 Å². The highest BCUT2D eigenvalue weighted by atomic mass is 16.5. The van der Waals surface area contributed by atoms with Gasteiger partial charge in [0.15, 0.2) is 16.8 Å². The molecule has 268 valence electrons. The van der Waals surface area contributed by atoms with Crippen molar-refractivity contribution in [3.05, 3.63) is 76.1 Å². The number of hydrogen-bond acceptors (Lipinski definition) is 11. The zero-order valence-electron chi connectivity index (χ0n) is 28.1. The highest BCUT2D eigenvalue weighted by Crippen LogP contribution is 2.32. The molecule has 0 unspecified atom stereocenters. The highest BCUT2D eigenvalue weighted by Gasteiger charge is 2.52.